The maximum Gasteiger partial charge on any atom is 0.169 e. The highest BCUT2D eigenvalue weighted by molar-refractivity contribution is 4.15. The molecule has 1 rings (SSSR count). The molecule has 0 aromatic carbocycles. The molecule has 0 radical (unpaired) electrons. The van der Waals surface area contributed by atoms with Crippen LogP contribution in [0.15, 0.2) is 15.6 Å². The fraction of sp³-hybridized carbons (Fsp3) is 0. The Kier molecular flexibility index (Phi) is 0.689. The van der Waals surface area contributed by atoms with Crippen molar-refractivity contribution in [2.45, 2.75) is 0 Å². The quantitative estimate of drug-likeness (QED) is 0.471. The number of H-pyrrole nitrogens is 2. The Hall–Kier alpha value is -1.13. The molecule has 0 atom stereocenters. The van der Waals surface area contributed by atoms with Crippen LogP contribution < -0.4 is 0 Å². The van der Waals surface area contributed by atoms with Gasteiger partial charge in [0.15, 0.2) is 6.33 Å². The smallest absolute Gasteiger partial charge is 0.169 e. The molecule has 0 bridgehead atoms. The minimum atomic E-state index is 1.26. The van der Waals surface area contributed by atoms with Crippen molar-refractivity contribution in [1.29, 1.82) is 0 Å². The molecule has 0 fully saturated rings. The van der Waals surface area contributed by atoms with Crippen LogP contribution in [0.1, 0.15) is 0 Å². The van der Waals surface area contributed by atoms with Crippen molar-refractivity contribution in [2.75, 3.05) is 0 Å². The van der Waals surface area contributed by atoms with Gasteiger partial charge < -0.3 is 0 Å². The normalized spacial score (nSPS) is 8.00. The van der Waals surface area contributed by atoms with Gasteiger partial charge in [-0.1, -0.05) is 0 Å². The van der Waals surface area contributed by atoms with Crippen LogP contribution in [0.25, 0.3) is 0 Å². The van der Waals surface area contributed by atoms with Gasteiger partial charge in [-0.3, -0.25) is 4.63 Å². The van der Waals surface area contributed by atoms with Gasteiger partial charge in [0.1, 0.15) is 0 Å². The Bertz CT molecular complexity index is 80.7. The van der Waals surface area contributed by atoms with E-state index >= 15 is 0 Å². The van der Waals surface area contributed by atoms with E-state index in [1.165, 1.54) is 6.33 Å². The first-order valence-corrected chi connectivity index (χ1v) is 1.34. The predicted molar refractivity (Wildman–Crippen MR) is 15.1 cm³/mol. The third-order valence-corrected chi connectivity index (χ3v) is 0.296. The number of rotatable bonds is 0. The standard InChI is InChI=1S/CH3N3O2/c1-2-5-4-6-3-1/h1,4H,(H,2,3). The molecular formula is CH3N3O2. The summed E-state index contributed by atoms with van der Waals surface area (Å²) >= 11 is 0. The van der Waals surface area contributed by atoms with Crippen molar-refractivity contribution in [3.8, 4) is 0 Å². The zero-order chi connectivity index (χ0) is 4.24. The van der Waals surface area contributed by atoms with Crippen molar-refractivity contribution < 1.29 is 9.26 Å². The molecule has 34 valence electrons. The molecule has 0 aliphatic carbocycles. The van der Waals surface area contributed by atoms with Crippen LogP contribution in [0.4, 0.5) is 0 Å². The maximum atomic E-state index is 4.20. The molecule has 1 aromatic rings. The third kappa shape index (κ3) is 0.423. The SMILES string of the molecule is c1no[nH]o[nH]1. The second-order valence-electron chi connectivity index (χ2n) is 0.629. The molecule has 0 aliphatic heterocycles. The Balaban J connectivity index is 3.00. The molecule has 0 saturated carbocycles. The molecule has 1 aromatic heterocycles. The lowest BCUT2D eigenvalue weighted by atomic mass is 11.5. The number of hydrogen-bond donors (Lipinski definition) is 2. The number of aromatic amines is 2. The zero-order valence-corrected chi connectivity index (χ0v) is 2.84. The van der Waals surface area contributed by atoms with Crippen LogP contribution >= 0.6 is 0 Å². The molecule has 0 spiro atoms. The lowest BCUT2D eigenvalue weighted by Gasteiger charge is -1.74. The average Bonchev–Trinajstić information content (AvgIpc) is 1.72. The highest BCUT2D eigenvalue weighted by atomic mass is 16.8. The summed E-state index contributed by atoms with van der Waals surface area (Å²) < 4.78 is 8.30. The zero-order valence-electron chi connectivity index (χ0n) is 2.84. The van der Waals surface area contributed by atoms with Gasteiger partial charge in [0, 0.05) is 0 Å². The average molecular weight is 89.1 g/mol. The lowest BCUT2D eigenvalue weighted by molar-refractivity contribution is 0.0697. The summed E-state index contributed by atoms with van der Waals surface area (Å²) in [6.07, 6.45) is 1.26. The summed E-state index contributed by atoms with van der Waals surface area (Å²) in [4.78, 5) is 0. The molecular weight excluding hydrogens is 86.0 g/mol. The molecule has 0 amide bonds. The van der Waals surface area contributed by atoms with E-state index in [-0.39, 0.29) is 0 Å². The fourth-order valence-electron chi connectivity index (χ4n) is 0.138. The van der Waals surface area contributed by atoms with Crippen molar-refractivity contribution in [1.82, 2.24) is 15.6 Å². The molecule has 6 heavy (non-hydrogen) atoms. The Morgan fingerprint density at radius 1 is 1.67 bits per heavy atom. The first-order chi connectivity index (χ1) is 3.00. The van der Waals surface area contributed by atoms with E-state index < -0.39 is 0 Å². The van der Waals surface area contributed by atoms with Crippen LogP contribution in [0, 0.1) is 0 Å². The Morgan fingerprint density at radius 3 is 2.83 bits per heavy atom. The number of nitrogens with zero attached hydrogens (tertiary/aromatic N) is 1. The largest absolute Gasteiger partial charge is 0.262 e. The third-order valence-electron chi connectivity index (χ3n) is 0.296. The minimum Gasteiger partial charge on any atom is -0.262 e. The van der Waals surface area contributed by atoms with Gasteiger partial charge in [-0.2, -0.15) is 5.16 Å². The highest BCUT2D eigenvalue weighted by Gasteiger charge is 1.56. The van der Waals surface area contributed by atoms with Crippen molar-refractivity contribution in [2.24, 2.45) is 0 Å². The van der Waals surface area contributed by atoms with Gasteiger partial charge in [-0.25, -0.2) is 4.63 Å². The van der Waals surface area contributed by atoms with Crippen LogP contribution in [-0.4, -0.2) is 15.6 Å². The monoisotopic (exact) mass is 89.0 g/mol. The summed E-state index contributed by atoms with van der Waals surface area (Å²) in [5.41, 5.74) is 0. The summed E-state index contributed by atoms with van der Waals surface area (Å²) in [6.45, 7) is 0. The first kappa shape index (κ1) is 3.08. The Labute approximate surface area is 32.5 Å². The maximum absolute atomic E-state index is 4.20. The van der Waals surface area contributed by atoms with Crippen molar-refractivity contribution in [3.05, 3.63) is 6.33 Å². The molecule has 0 saturated heterocycles. The molecule has 5 nitrogen and oxygen atoms in total. The van der Waals surface area contributed by atoms with Crippen molar-refractivity contribution >= 4 is 0 Å². The van der Waals surface area contributed by atoms with Crippen LogP contribution in [0.3, 0.4) is 0 Å². The summed E-state index contributed by atoms with van der Waals surface area (Å²) in [5.74, 6) is 0. The second kappa shape index (κ2) is 1.34. The summed E-state index contributed by atoms with van der Waals surface area (Å²) in [7, 11) is 0. The topological polar surface area (TPSA) is 70.8 Å². The Morgan fingerprint density at radius 2 is 2.67 bits per heavy atom. The van der Waals surface area contributed by atoms with E-state index in [0.717, 1.165) is 0 Å². The number of aromatic nitrogens is 3. The molecule has 0 unspecified atom stereocenters. The van der Waals surface area contributed by atoms with Gasteiger partial charge in [-0.15, -0.1) is 0 Å². The van der Waals surface area contributed by atoms with E-state index in [2.05, 4.69) is 19.6 Å². The van der Waals surface area contributed by atoms with E-state index in [4.69, 9.17) is 0 Å². The molecule has 1 heterocycles. The van der Waals surface area contributed by atoms with Crippen LogP contribution in [0.5, 0.6) is 0 Å². The van der Waals surface area contributed by atoms with E-state index in [9.17, 15) is 0 Å². The van der Waals surface area contributed by atoms with Crippen LogP contribution in [0.2, 0.25) is 0 Å². The molecule has 5 heteroatoms. The van der Waals surface area contributed by atoms with Gasteiger partial charge in [-0.05, 0) is 10.5 Å². The predicted octanol–water partition coefficient (Wildman–Crippen LogP) is 0.0482. The summed E-state index contributed by atoms with van der Waals surface area (Å²) in [5, 5.41) is 7.44. The minimum absolute atomic E-state index is 1.26. The number of nitrogens with one attached hydrogen (secondary N) is 2. The van der Waals surface area contributed by atoms with Gasteiger partial charge in [0.2, 0.25) is 0 Å². The van der Waals surface area contributed by atoms with Gasteiger partial charge in [0.25, 0.3) is 0 Å². The highest BCUT2D eigenvalue weighted by Crippen LogP contribution is 1.57. The van der Waals surface area contributed by atoms with E-state index in [0.29, 0.717) is 0 Å². The second-order valence-corrected chi connectivity index (χ2v) is 0.629. The van der Waals surface area contributed by atoms with E-state index in [1.54, 1.807) is 0 Å². The first-order valence-electron chi connectivity index (χ1n) is 1.34. The fourth-order valence-corrected chi connectivity index (χ4v) is 0.138. The molecule has 2 N–H and O–H groups in total. The van der Waals surface area contributed by atoms with Crippen molar-refractivity contribution in [3.63, 3.8) is 0 Å². The number of hydrogen-bond acceptors (Lipinski definition) is 3. The van der Waals surface area contributed by atoms with Gasteiger partial charge >= 0.3 is 0 Å². The summed E-state index contributed by atoms with van der Waals surface area (Å²) in [6, 6.07) is 0. The van der Waals surface area contributed by atoms with Gasteiger partial charge in [0.05, 0.1) is 0 Å². The lowest BCUT2D eigenvalue weighted by Crippen LogP contribution is -1.73. The van der Waals surface area contributed by atoms with Crippen LogP contribution in [-0.2, 0) is 0 Å². The van der Waals surface area contributed by atoms with E-state index in [1.807, 2.05) is 5.33 Å². The molecule has 0 aliphatic rings.